The fraction of sp³-hybridized carbons (Fsp3) is 0.179. The van der Waals surface area contributed by atoms with Crippen molar-refractivity contribution in [2.24, 2.45) is 0 Å². The molecule has 0 saturated carbocycles. The predicted molar refractivity (Wildman–Crippen MR) is 138 cm³/mol. The van der Waals surface area contributed by atoms with Crippen LogP contribution in [0.4, 0.5) is 10.1 Å². The summed E-state index contributed by atoms with van der Waals surface area (Å²) >= 11 is 0. The number of methoxy groups -OCH3 is 5. The van der Waals surface area contributed by atoms with E-state index in [4.69, 9.17) is 23.7 Å². The van der Waals surface area contributed by atoms with Gasteiger partial charge in [-0.05, 0) is 35.9 Å². The maximum Gasteiger partial charge on any atom is 0.203 e. The third kappa shape index (κ3) is 6.15. The number of carbonyl (C=O) groups excluding carboxylic acids is 1. The van der Waals surface area contributed by atoms with Gasteiger partial charge in [0.2, 0.25) is 5.75 Å². The van der Waals surface area contributed by atoms with Crippen molar-refractivity contribution < 1.29 is 32.9 Å². The topological polar surface area (TPSA) is 75.3 Å². The molecular formula is C28H28FNO6. The average molecular weight is 494 g/mol. The molecule has 3 rings (SSSR count). The van der Waals surface area contributed by atoms with Gasteiger partial charge in [0.05, 0.1) is 35.5 Å². The van der Waals surface area contributed by atoms with Gasteiger partial charge >= 0.3 is 0 Å². The number of hydrogen-bond donors (Lipinski definition) is 1. The van der Waals surface area contributed by atoms with Crippen LogP contribution in [0, 0.1) is 5.82 Å². The van der Waals surface area contributed by atoms with E-state index in [1.54, 1.807) is 46.6 Å². The molecule has 0 heterocycles. The minimum absolute atomic E-state index is 0.253. The lowest BCUT2D eigenvalue weighted by Gasteiger charge is -2.14. The molecule has 8 heteroatoms. The predicted octanol–water partition coefficient (Wildman–Crippen LogP) is 5.85. The molecule has 0 saturated heterocycles. The van der Waals surface area contributed by atoms with Crippen LogP contribution in [0.5, 0.6) is 28.7 Å². The molecule has 0 fully saturated rings. The summed E-state index contributed by atoms with van der Waals surface area (Å²) in [6, 6.07) is 12.7. The molecule has 188 valence electrons. The van der Waals surface area contributed by atoms with E-state index in [1.165, 1.54) is 37.6 Å². The smallest absolute Gasteiger partial charge is 0.203 e. The van der Waals surface area contributed by atoms with Gasteiger partial charge in [0.25, 0.3) is 0 Å². The van der Waals surface area contributed by atoms with Crippen molar-refractivity contribution in [1.29, 1.82) is 0 Å². The Morgan fingerprint density at radius 2 is 1.42 bits per heavy atom. The van der Waals surface area contributed by atoms with Crippen molar-refractivity contribution in [3.63, 3.8) is 0 Å². The Hall–Kier alpha value is -4.46. The van der Waals surface area contributed by atoms with Crippen LogP contribution in [0.1, 0.15) is 21.5 Å². The maximum absolute atomic E-state index is 13.4. The first-order chi connectivity index (χ1) is 17.4. The van der Waals surface area contributed by atoms with E-state index < -0.39 is 5.82 Å². The van der Waals surface area contributed by atoms with Gasteiger partial charge in [0.1, 0.15) is 5.82 Å². The van der Waals surface area contributed by atoms with Gasteiger partial charge in [-0.15, -0.1) is 0 Å². The molecule has 36 heavy (non-hydrogen) atoms. The number of anilines is 1. The Balaban J connectivity index is 1.94. The van der Waals surface area contributed by atoms with Crippen molar-refractivity contribution in [1.82, 2.24) is 0 Å². The van der Waals surface area contributed by atoms with Crippen LogP contribution in [0.25, 0.3) is 12.2 Å². The molecular weight excluding hydrogens is 465 g/mol. The fourth-order valence-corrected chi connectivity index (χ4v) is 3.49. The van der Waals surface area contributed by atoms with Crippen molar-refractivity contribution in [3.05, 3.63) is 83.3 Å². The summed E-state index contributed by atoms with van der Waals surface area (Å²) in [5.41, 5.74) is 2.47. The zero-order valence-electron chi connectivity index (χ0n) is 20.8. The van der Waals surface area contributed by atoms with Crippen molar-refractivity contribution in [2.75, 3.05) is 40.9 Å². The number of ketones is 1. The zero-order chi connectivity index (χ0) is 26.1. The molecule has 7 nitrogen and oxygen atoms in total. The van der Waals surface area contributed by atoms with E-state index in [1.807, 2.05) is 24.3 Å². The van der Waals surface area contributed by atoms with Crippen LogP contribution < -0.4 is 29.0 Å². The Kier molecular flexibility index (Phi) is 8.94. The molecule has 0 amide bonds. The quantitative estimate of drug-likeness (QED) is 0.204. The number of hydrogen-bond acceptors (Lipinski definition) is 7. The van der Waals surface area contributed by atoms with Crippen molar-refractivity contribution >= 4 is 23.6 Å². The van der Waals surface area contributed by atoms with Gasteiger partial charge in [-0.3, -0.25) is 4.79 Å². The molecule has 0 aliphatic carbocycles. The normalized spacial score (nSPS) is 10.9. The van der Waals surface area contributed by atoms with Crippen molar-refractivity contribution in [3.8, 4) is 28.7 Å². The Bertz CT molecular complexity index is 1260. The highest BCUT2D eigenvalue weighted by atomic mass is 19.1. The standard InChI is InChI=1S/C28H28FNO6/c1-32-24-16-19(10-9-18-13-26(34-3)28(36-5)27(14-18)35-4)22(17-25(24)33-2)30-12-11-23(31)20-7-6-8-21(29)15-20/h6-17,30H,1-5H3. The summed E-state index contributed by atoms with van der Waals surface area (Å²) in [6.45, 7) is 0. The van der Waals surface area contributed by atoms with Gasteiger partial charge in [-0.25, -0.2) is 4.39 Å². The van der Waals surface area contributed by atoms with Gasteiger partial charge < -0.3 is 29.0 Å². The molecule has 0 aliphatic rings. The van der Waals surface area contributed by atoms with E-state index in [0.717, 1.165) is 11.1 Å². The summed E-state index contributed by atoms with van der Waals surface area (Å²) in [6.07, 6.45) is 6.56. The largest absolute Gasteiger partial charge is 0.493 e. The zero-order valence-corrected chi connectivity index (χ0v) is 20.8. The highest BCUT2D eigenvalue weighted by molar-refractivity contribution is 6.04. The number of ether oxygens (including phenoxy) is 5. The highest BCUT2D eigenvalue weighted by Crippen LogP contribution is 2.39. The lowest BCUT2D eigenvalue weighted by molar-refractivity contribution is 0.104. The minimum atomic E-state index is -0.471. The SMILES string of the molecule is COc1cc(C=Cc2cc(OC)c(OC)c(OC)c2)c(NC=CC(=O)c2cccc(F)c2)cc1OC. The lowest BCUT2D eigenvalue weighted by atomic mass is 10.1. The summed E-state index contributed by atoms with van der Waals surface area (Å²) < 4.78 is 40.5. The van der Waals surface area contributed by atoms with E-state index in [9.17, 15) is 9.18 Å². The average Bonchev–Trinajstić information content (AvgIpc) is 2.90. The maximum atomic E-state index is 13.4. The van der Waals surface area contributed by atoms with Gasteiger partial charge in [-0.2, -0.15) is 0 Å². The second-order valence-electron chi connectivity index (χ2n) is 7.44. The molecule has 3 aromatic rings. The summed E-state index contributed by atoms with van der Waals surface area (Å²) in [7, 11) is 7.74. The van der Waals surface area contributed by atoms with Gasteiger partial charge in [-0.1, -0.05) is 24.3 Å². The third-order valence-corrected chi connectivity index (χ3v) is 5.28. The molecule has 0 bridgehead atoms. The first-order valence-corrected chi connectivity index (χ1v) is 10.9. The number of rotatable bonds is 11. The summed E-state index contributed by atoms with van der Waals surface area (Å²) in [4.78, 5) is 12.4. The number of nitrogens with one attached hydrogen (secondary N) is 1. The molecule has 0 atom stereocenters. The number of benzene rings is 3. The van der Waals surface area contributed by atoms with Gasteiger partial charge in [0.15, 0.2) is 28.8 Å². The Labute approximate surface area is 209 Å². The van der Waals surface area contributed by atoms with E-state index in [-0.39, 0.29) is 11.3 Å². The molecule has 0 unspecified atom stereocenters. The molecule has 3 aromatic carbocycles. The van der Waals surface area contributed by atoms with Crippen LogP contribution in [-0.2, 0) is 0 Å². The summed E-state index contributed by atoms with van der Waals surface area (Å²) in [5, 5.41) is 3.10. The number of allylic oxidation sites excluding steroid dienone is 1. The fourth-order valence-electron chi connectivity index (χ4n) is 3.49. The van der Waals surface area contributed by atoms with Crippen LogP contribution in [0.15, 0.2) is 60.8 Å². The molecule has 0 aliphatic heterocycles. The van der Waals surface area contributed by atoms with Crippen LogP contribution in [-0.4, -0.2) is 41.3 Å². The van der Waals surface area contributed by atoms with Crippen LogP contribution in [0.2, 0.25) is 0 Å². The monoisotopic (exact) mass is 493 g/mol. The second kappa shape index (κ2) is 12.3. The Morgan fingerprint density at radius 1 is 0.778 bits per heavy atom. The molecule has 0 radical (unpaired) electrons. The first-order valence-electron chi connectivity index (χ1n) is 10.9. The molecule has 1 N–H and O–H groups in total. The lowest BCUT2D eigenvalue weighted by Crippen LogP contribution is -1.99. The van der Waals surface area contributed by atoms with Crippen LogP contribution >= 0.6 is 0 Å². The minimum Gasteiger partial charge on any atom is -0.493 e. The molecule has 0 aromatic heterocycles. The van der Waals surface area contributed by atoms with E-state index in [2.05, 4.69) is 5.32 Å². The number of halogens is 1. The van der Waals surface area contributed by atoms with Crippen molar-refractivity contribution in [2.45, 2.75) is 0 Å². The van der Waals surface area contributed by atoms with Crippen LogP contribution in [0.3, 0.4) is 0 Å². The Morgan fingerprint density at radius 3 is 2.00 bits per heavy atom. The van der Waals surface area contributed by atoms with Gasteiger partial charge in [0, 0.05) is 35.2 Å². The second-order valence-corrected chi connectivity index (χ2v) is 7.44. The highest BCUT2D eigenvalue weighted by Gasteiger charge is 2.13. The van der Waals surface area contributed by atoms with E-state index >= 15 is 0 Å². The number of carbonyl (C=O) groups is 1. The first kappa shape index (κ1) is 26.2. The van der Waals surface area contributed by atoms with E-state index in [0.29, 0.717) is 34.4 Å². The summed E-state index contributed by atoms with van der Waals surface area (Å²) in [5.74, 6) is 1.79. The third-order valence-electron chi connectivity index (χ3n) is 5.28. The molecule has 0 spiro atoms.